The minimum absolute atomic E-state index is 0.590. The first-order valence-electron chi connectivity index (χ1n) is 5.51. The molecule has 17 heavy (non-hydrogen) atoms. The average molecular weight is 265 g/mol. The topological polar surface area (TPSA) is 23.5 Å². The van der Waals surface area contributed by atoms with Crippen LogP contribution in [0.2, 0.25) is 0 Å². The van der Waals surface area contributed by atoms with Gasteiger partial charge in [0.05, 0.1) is 5.75 Å². The molecule has 1 atom stereocenters. The monoisotopic (exact) mass is 265 g/mol. The third kappa shape index (κ3) is 2.39. The minimum atomic E-state index is -0.966. The molecule has 0 radical (unpaired) electrons. The van der Waals surface area contributed by atoms with Crippen LogP contribution in [0.4, 0.5) is 0 Å². The van der Waals surface area contributed by atoms with Gasteiger partial charge in [-0.15, -0.1) is 6.58 Å². The average Bonchev–Trinajstić information content (AvgIpc) is 2.65. The van der Waals surface area contributed by atoms with Gasteiger partial charge in [-0.1, -0.05) is 60.4 Å². The van der Waals surface area contributed by atoms with E-state index < -0.39 is 5.72 Å². The van der Waals surface area contributed by atoms with Crippen LogP contribution in [0.1, 0.15) is 12.0 Å². The van der Waals surface area contributed by atoms with E-state index in [0.717, 1.165) is 16.3 Å². The van der Waals surface area contributed by atoms with E-state index in [0.29, 0.717) is 12.3 Å². The van der Waals surface area contributed by atoms with Gasteiger partial charge in [0.25, 0.3) is 0 Å². The fourth-order valence-corrected chi connectivity index (χ4v) is 3.37. The van der Waals surface area contributed by atoms with Crippen molar-refractivity contribution in [2.24, 2.45) is 0 Å². The first kappa shape index (κ1) is 12.6. The molecule has 0 amide bonds. The Morgan fingerprint density at radius 1 is 1.47 bits per heavy atom. The molecule has 0 saturated carbocycles. The zero-order valence-corrected chi connectivity index (χ0v) is 11.1. The van der Waals surface area contributed by atoms with E-state index in [1.54, 1.807) is 0 Å². The van der Waals surface area contributed by atoms with Gasteiger partial charge >= 0.3 is 0 Å². The van der Waals surface area contributed by atoms with Gasteiger partial charge in [-0.25, -0.2) is 0 Å². The van der Waals surface area contributed by atoms with Crippen LogP contribution in [0.3, 0.4) is 0 Å². The maximum absolute atomic E-state index is 10.8. The molecule has 1 aliphatic rings. The quantitative estimate of drug-likeness (QED) is 0.668. The van der Waals surface area contributed by atoms with Crippen molar-refractivity contribution >= 4 is 28.3 Å². The Kier molecular flexibility index (Phi) is 3.86. The third-order valence-electron chi connectivity index (χ3n) is 2.86. The van der Waals surface area contributed by atoms with Crippen molar-refractivity contribution in [1.29, 1.82) is 0 Å². The molecule has 1 aromatic carbocycles. The summed E-state index contributed by atoms with van der Waals surface area (Å²) in [5.74, 6) is 0.590. The van der Waals surface area contributed by atoms with Gasteiger partial charge in [-0.05, 0) is 6.42 Å². The first-order chi connectivity index (χ1) is 8.18. The first-order valence-corrected chi connectivity index (χ1v) is 6.91. The van der Waals surface area contributed by atoms with Crippen molar-refractivity contribution in [3.63, 3.8) is 0 Å². The lowest BCUT2D eigenvalue weighted by molar-refractivity contribution is -0.0457. The number of rotatable bonds is 4. The van der Waals surface area contributed by atoms with Crippen molar-refractivity contribution in [2.45, 2.75) is 12.1 Å². The summed E-state index contributed by atoms with van der Waals surface area (Å²) in [5, 5.41) is 10.8. The highest BCUT2D eigenvalue weighted by atomic mass is 32.2. The molecule has 90 valence electrons. The number of thioether (sulfide) groups is 1. The molecule has 1 heterocycles. The minimum Gasteiger partial charge on any atom is -0.366 e. The molecule has 1 saturated heterocycles. The van der Waals surface area contributed by atoms with Crippen molar-refractivity contribution in [3.05, 3.63) is 48.6 Å². The highest BCUT2D eigenvalue weighted by Crippen LogP contribution is 2.38. The summed E-state index contributed by atoms with van der Waals surface area (Å²) in [6.07, 6.45) is 2.66. The molecule has 2 rings (SSSR count). The van der Waals surface area contributed by atoms with Gasteiger partial charge in [-0.3, -0.25) is 0 Å². The maximum Gasteiger partial charge on any atom is 0.175 e. The van der Waals surface area contributed by atoms with Gasteiger partial charge in [0, 0.05) is 12.1 Å². The molecular weight excluding hydrogens is 250 g/mol. The SMILES string of the molecule is C=CCCN1C(=S)SCC1(O)c1ccccc1. The predicted molar refractivity (Wildman–Crippen MR) is 76.9 cm³/mol. The van der Waals surface area contributed by atoms with Crippen LogP contribution in [-0.2, 0) is 5.72 Å². The summed E-state index contributed by atoms with van der Waals surface area (Å²) in [6.45, 7) is 4.42. The van der Waals surface area contributed by atoms with E-state index >= 15 is 0 Å². The van der Waals surface area contributed by atoms with E-state index in [4.69, 9.17) is 12.2 Å². The van der Waals surface area contributed by atoms with E-state index in [2.05, 4.69) is 6.58 Å². The smallest absolute Gasteiger partial charge is 0.175 e. The lowest BCUT2D eigenvalue weighted by Crippen LogP contribution is -2.44. The summed E-state index contributed by atoms with van der Waals surface area (Å²) in [7, 11) is 0. The van der Waals surface area contributed by atoms with Crippen LogP contribution in [-0.4, -0.2) is 26.6 Å². The molecule has 1 unspecified atom stereocenters. The Hall–Kier alpha value is -0.840. The number of hydrogen-bond acceptors (Lipinski definition) is 3. The highest BCUT2D eigenvalue weighted by molar-refractivity contribution is 8.23. The van der Waals surface area contributed by atoms with Crippen LogP contribution in [0.5, 0.6) is 0 Å². The number of thiocarbonyl (C=S) groups is 1. The standard InChI is InChI=1S/C13H15NOS2/c1-2-3-9-14-12(16)17-10-13(14,15)11-7-5-4-6-8-11/h2,4-8,15H,1,3,9-10H2. The second kappa shape index (κ2) is 5.21. The highest BCUT2D eigenvalue weighted by Gasteiger charge is 2.43. The second-order valence-electron chi connectivity index (χ2n) is 3.97. The zero-order chi connectivity index (χ0) is 12.3. The Morgan fingerprint density at radius 3 is 2.82 bits per heavy atom. The number of aliphatic hydroxyl groups is 1. The van der Waals surface area contributed by atoms with E-state index in [-0.39, 0.29) is 0 Å². The normalized spacial score (nSPS) is 24.1. The summed E-state index contributed by atoms with van der Waals surface area (Å²) in [5.41, 5.74) is -0.0668. The summed E-state index contributed by atoms with van der Waals surface area (Å²) in [6, 6.07) is 9.70. The van der Waals surface area contributed by atoms with E-state index in [1.807, 2.05) is 41.3 Å². The molecule has 1 aromatic rings. The Labute approximate surface area is 111 Å². The molecule has 0 bridgehead atoms. The van der Waals surface area contributed by atoms with E-state index in [9.17, 15) is 5.11 Å². The number of hydrogen-bond donors (Lipinski definition) is 1. The van der Waals surface area contributed by atoms with Crippen LogP contribution in [0.25, 0.3) is 0 Å². The zero-order valence-electron chi connectivity index (χ0n) is 9.50. The summed E-state index contributed by atoms with van der Waals surface area (Å²) >= 11 is 6.83. The molecule has 0 aromatic heterocycles. The molecule has 1 fully saturated rings. The Bertz CT molecular complexity index is 421. The van der Waals surface area contributed by atoms with Gasteiger partial charge in [0.2, 0.25) is 0 Å². The Morgan fingerprint density at radius 2 is 2.18 bits per heavy atom. The predicted octanol–water partition coefficient (Wildman–Crippen LogP) is 2.74. The Balaban J connectivity index is 2.28. The molecule has 1 N–H and O–H groups in total. The summed E-state index contributed by atoms with van der Waals surface area (Å²) < 4.78 is 0.762. The van der Waals surface area contributed by atoms with Crippen LogP contribution in [0, 0.1) is 0 Å². The van der Waals surface area contributed by atoms with Crippen LogP contribution < -0.4 is 0 Å². The third-order valence-corrected chi connectivity index (χ3v) is 4.44. The fourth-order valence-electron chi connectivity index (χ4n) is 1.91. The maximum atomic E-state index is 10.8. The van der Waals surface area contributed by atoms with Gasteiger partial charge < -0.3 is 10.0 Å². The lowest BCUT2D eigenvalue weighted by Gasteiger charge is -2.34. The van der Waals surface area contributed by atoms with Crippen LogP contribution in [0.15, 0.2) is 43.0 Å². The summed E-state index contributed by atoms with van der Waals surface area (Å²) in [4.78, 5) is 1.89. The van der Waals surface area contributed by atoms with Crippen LogP contribution >= 0.6 is 24.0 Å². The number of nitrogens with zero attached hydrogens (tertiary/aromatic N) is 1. The molecule has 2 nitrogen and oxygen atoms in total. The molecule has 1 aliphatic heterocycles. The van der Waals surface area contributed by atoms with Crippen molar-refractivity contribution < 1.29 is 5.11 Å². The van der Waals surface area contributed by atoms with E-state index in [1.165, 1.54) is 11.8 Å². The number of benzene rings is 1. The molecule has 4 heteroatoms. The largest absolute Gasteiger partial charge is 0.366 e. The fraction of sp³-hybridized carbons (Fsp3) is 0.308. The van der Waals surface area contributed by atoms with Gasteiger partial charge in [0.1, 0.15) is 4.32 Å². The molecule has 0 aliphatic carbocycles. The second-order valence-corrected chi connectivity index (χ2v) is 5.58. The van der Waals surface area contributed by atoms with Gasteiger partial charge in [-0.2, -0.15) is 0 Å². The lowest BCUT2D eigenvalue weighted by atomic mass is 10.0. The van der Waals surface area contributed by atoms with Crippen molar-refractivity contribution in [3.8, 4) is 0 Å². The van der Waals surface area contributed by atoms with Crippen molar-refractivity contribution in [1.82, 2.24) is 4.90 Å². The van der Waals surface area contributed by atoms with Crippen molar-refractivity contribution in [2.75, 3.05) is 12.3 Å². The van der Waals surface area contributed by atoms with Gasteiger partial charge in [0.15, 0.2) is 5.72 Å². The molecular formula is C13H15NOS2. The molecule has 0 spiro atoms.